The molecule has 2 amide bonds. The second-order valence-corrected chi connectivity index (χ2v) is 8.90. The van der Waals surface area contributed by atoms with E-state index in [-0.39, 0.29) is 17.7 Å². The van der Waals surface area contributed by atoms with Gasteiger partial charge in [0, 0.05) is 0 Å². The lowest BCUT2D eigenvalue weighted by Crippen LogP contribution is -2.56. The Morgan fingerprint density at radius 3 is 2.18 bits per heavy atom. The Balaban J connectivity index is 2.30. The van der Waals surface area contributed by atoms with Gasteiger partial charge in [-0.25, -0.2) is 9.18 Å². The van der Waals surface area contributed by atoms with E-state index in [2.05, 4.69) is 10.6 Å². The summed E-state index contributed by atoms with van der Waals surface area (Å²) in [6.45, 7) is 2.11. The number of nitrogens with one attached hydrogen (secondary N) is 2. The van der Waals surface area contributed by atoms with Crippen molar-refractivity contribution in [3.63, 3.8) is 0 Å². The largest absolute Gasteiger partial charge is 0.482 e. The Morgan fingerprint density at radius 1 is 1.03 bits per heavy atom. The molecule has 208 valence electrons. The van der Waals surface area contributed by atoms with E-state index >= 15 is 0 Å². The van der Waals surface area contributed by atoms with Gasteiger partial charge in [0.25, 0.3) is 0 Å². The van der Waals surface area contributed by atoms with Gasteiger partial charge in [-0.05, 0) is 47.7 Å². The molecule has 9 nitrogen and oxygen atoms in total. The minimum atomic E-state index is -5.02. The molecule has 0 aliphatic heterocycles. The van der Waals surface area contributed by atoms with Crippen LogP contribution in [0, 0.1) is 11.7 Å². The van der Waals surface area contributed by atoms with Gasteiger partial charge in [0.15, 0.2) is 12.7 Å². The van der Waals surface area contributed by atoms with Crippen LogP contribution in [0.25, 0.3) is 0 Å². The standard InChI is InChI=1S/C25H29F4N3O6/c1-13(2)20(22(35)25(27,28)29)31-24(37)21(15-6-8-17(9-7-15)38-12-19(33)34)32-23(36)18(30)11-14-4-3-5-16(26)10-14/h3-10,13,18,20-22,35H,11-12,30H2,1-2H3,(H,31,37)(H,32,36)(H,33,34)/t18-,20-,21-,22-/m0/s1. The Kier molecular flexibility index (Phi) is 10.6. The molecule has 4 atom stereocenters. The van der Waals surface area contributed by atoms with E-state index in [9.17, 15) is 37.1 Å². The van der Waals surface area contributed by atoms with Crippen molar-refractivity contribution in [3.8, 4) is 5.75 Å². The molecular weight excluding hydrogens is 514 g/mol. The lowest BCUT2D eigenvalue weighted by Gasteiger charge is -2.31. The van der Waals surface area contributed by atoms with Gasteiger partial charge in [-0.2, -0.15) is 13.2 Å². The molecule has 0 fully saturated rings. The lowest BCUT2D eigenvalue weighted by atomic mass is 9.96. The van der Waals surface area contributed by atoms with Crippen LogP contribution in [0.5, 0.6) is 5.75 Å². The van der Waals surface area contributed by atoms with Gasteiger partial charge in [0.1, 0.15) is 17.6 Å². The highest BCUT2D eigenvalue weighted by molar-refractivity contribution is 5.90. The minimum absolute atomic E-state index is 0.0959. The third kappa shape index (κ3) is 8.99. The first-order valence-corrected chi connectivity index (χ1v) is 11.5. The van der Waals surface area contributed by atoms with Crippen molar-refractivity contribution in [2.24, 2.45) is 11.7 Å². The number of hydrogen-bond donors (Lipinski definition) is 5. The molecular formula is C25H29F4N3O6. The van der Waals surface area contributed by atoms with Crippen LogP contribution in [0.3, 0.4) is 0 Å². The number of carboxylic acid groups (broad SMARTS) is 1. The van der Waals surface area contributed by atoms with Crippen molar-refractivity contribution in [2.75, 3.05) is 6.61 Å². The van der Waals surface area contributed by atoms with Crippen LogP contribution in [-0.2, 0) is 20.8 Å². The fraction of sp³-hybridized carbons (Fsp3) is 0.400. The molecule has 2 aromatic carbocycles. The molecule has 0 saturated carbocycles. The number of carbonyl (C=O) groups is 3. The van der Waals surface area contributed by atoms with Crippen LogP contribution >= 0.6 is 0 Å². The van der Waals surface area contributed by atoms with E-state index in [4.69, 9.17) is 15.6 Å². The minimum Gasteiger partial charge on any atom is -0.482 e. The van der Waals surface area contributed by atoms with E-state index in [1.165, 1.54) is 56.3 Å². The summed E-state index contributed by atoms with van der Waals surface area (Å²) in [7, 11) is 0. The third-order valence-electron chi connectivity index (χ3n) is 5.51. The smallest absolute Gasteiger partial charge is 0.416 e. The van der Waals surface area contributed by atoms with Gasteiger partial charge in [-0.15, -0.1) is 0 Å². The zero-order valence-corrected chi connectivity index (χ0v) is 20.5. The molecule has 0 aromatic heterocycles. The number of aliphatic carboxylic acids is 1. The molecule has 0 bridgehead atoms. The molecule has 38 heavy (non-hydrogen) atoms. The molecule has 0 radical (unpaired) electrons. The van der Waals surface area contributed by atoms with E-state index in [0.717, 1.165) is 0 Å². The summed E-state index contributed by atoms with van der Waals surface area (Å²) in [6.07, 6.45) is -7.98. The molecule has 0 saturated heterocycles. The maximum atomic E-state index is 13.5. The van der Waals surface area contributed by atoms with Gasteiger partial charge < -0.3 is 31.3 Å². The van der Waals surface area contributed by atoms with Crippen molar-refractivity contribution < 1.29 is 46.9 Å². The second-order valence-electron chi connectivity index (χ2n) is 8.90. The average molecular weight is 544 g/mol. The Morgan fingerprint density at radius 2 is 1.66 bits per heavy atom. The number of carbonyl (C=O) groups excluding carboxylic acids is 2. The first-order valence-electron chi connectivity index (χ1n) is 11.5. The van der Waals surface area contributed by atoms with Gasteiger partial charge >= 0.3 is 12.1 Å². The maximum Gasteiger partial charge on any atom is 0.416 e. The van der Waals surface area contributed by atoms with Gasteiger partial charge in [0.2, 0.25) is 11.8 Å². The molecule has 2 aromatic rings. The first kappa shape index (κ1) is 30.5. The summed E-state index contributed by atoms with van der Waals surface area (Å²) in [5.41, 5.74) is 6.46. The van der Waals surface area contributed by atoms with Crippen molar-refractivity contribution in [1.29, 1.82) is 0 Å². The predicted molar refractivity (Wildman–Crippen MR) is 127 cm³/mol. The first-order chi connectivity index (χ1) is 17.7. The molecule has 13 heteroatoms. The van der Waals surface area contributed by atoms with Crippen molar-refractivity contribution in [2.45, 2.75) is 50.7 Å². The quantitative estimate of drug-likeness (QED) is 0.257. The zero-order chi connectivity index (χ0) is 28.6. The van der Waals surface area contributed by atoms with Gasteiger partial charge in [-0.3, -0.25) is 9.59 Å². The van der Waals surface area contributed by atoms with E-state index < -0.39 is 66.5 Å². The summed E-state index contributed by atoms with van der Waals surface area (Å²) in [5.74, 6) is -4.39. The summed E-state index contributed by atoms with van der Waals surface area (Å²) in [6, 6.07) is 6.07. The number of aliphatic hydroxyl groups excluding tert-OH is 1. The van der Waals surface area contributed by atoms with Crippen molar-refractivity contribution in [1.82, 2.24) is 10.6 Å². The molecule has 0 unspecified atom stereocenters. The number of nitrogens with two attached hydrogens (primary N) is 1. The number of aliphatic hydroxyl groups is 1. The van der Waals surface area contributed by atoms with Crippen LogP contribution < -0.4 is 21.1 Å². The lowest BCUT2D eigenvalue weighted by molar-refractivity contribution is -0.215. The number of hydrogen-bond acceptors (Lipinski definition) is 6. The third-order valence-corrected chi connectivity index (χ3v) is 5.51. The number of carboxylic acids is 1. The second kappa shape index (κ2) is 13.2. The number of halogens is 4. The Hall–Kier alpha value is -3.71. The SMILES string of the molecule is CC(C)[C@H](NC(=O)[C@@H](NC(=O)[C@@H](N)Cc1cccc(F)c1)c1ccc(OCC(=O)O)cc1)[C@H](O)C(F)(F)F. The van der Waals surface area contributed by atoms with Gasteiger partial charge in [-0.1, -0.05) is 38.1 Å². The molecule has 0 spiro atoms. The summed E-state index contributed by atoms with van der Waals surface area (Å²) >= 11 is 0. The van der Waals surface area contributed by atoms with Gasteiger partial charge in [0.05, 0.1) is 12.1 Å². The van der Waals surface area contributed by atoms with Crippen LogP contribution in [-0.4, -0.2) is 59.0 Å². The molecule has 2 rings (SSSR count). The van der Waals surface area contributed by atoms with E-state index in [1.54, 1.807) is 6.07 Å². The molecule has 6 N–H and O–H groups in total. The fourth-order valence-corrected chi connectivity index (χ4v) is 3.52. The number of alkyl halides is 3. The monoisotopic (exact) mass is 543 g/mol. The number of benzene rings is 2. The fourth-order valence-electron chi connectivity index (χ4n) is 3.52. The number of amides is 2. The normalized spacial score (nSPS) is 14.8. The molecule has 0 heterocycles. The average Bonchev–Trinajstić information content (AvgIpc) is 2.83. The van der Waals surface area contributed by atoms with Crippen molar-refractivity contribution >= 4 is 17.8 Å². The molecule has 0 aliphatic carbocycles. The predicted octanol–water partition coefficient (Wildman–Crippen LogP) is 2.08. The van der Waals surface area contributed by atoms with Crippen molar-refractivity contribution in [3.05, 3.63) is 65.5 Å². The highest BCUT2D eigenvalue weighted by Gasteiger charge is 2.45. The van der Waals surface area contributed by atoms with Crippen LogP contribution in [0.2, 0.25) is 0 Å². The summed E-state index contributed by atoms with van der Waals surface area (Å²) in [5, 5.41) is 23.1. The number of ether oxygens (including phenoxy) is 1. The topological polar surface area (TPSA) is 151 Å². The highest BCUT2D eigenvalue weighted by Crippen LogP contribution is 2.26. The van der Waals surface area contributed by atoms with Crippen LogP contribution in [0.1, 0.15) is 31.0 Å². The Labute approximate surface area is 216 Å². The summed E-state index contributed by atoms with van der Waals surface area (Å²) < 4.78 is 58.1. The zero-order valence-electron chi connectivity index (χ0n) is 20.5. The number of rotatable bonds is 12. The van der Waals surface area contributed by atoms with Crippen LogP contribution in [0.15, 0.2) is 48.5 Å². The highest BCUT2D eigenvalue weighted by atomic mass is 19.4. The van der Waals surface area contributed by atoms with Crippen LogP contribution in [0.4, 0.5) is 17.6 Å². The summed E-state index contributed by atoms with van der Waals surface area (Å²) in [4.78, 5) is 36.7. The van der Waals surface area contributed by atoms with E-state index in [0.29, 0.717) is 5.56 Å². The maximum absolute atomic E-state index is 13.5. The Bertz CT molecular complexity index is 1110. The van der Waals surface area contributed by atoms with E-state index in [1.807, 2.05) is 0 Å². The molecule has 0 aliphatic rings.